The van der Waals surface area contributed by atoms with Crippen molar-refractivity contribution in [3.63, 3.8) is 0 Å². The summed E-state index contributed by atoms with van der Waals surface area (Å²) in [7, 11) is 0. The number of Topliss-reactive ketones (excluding diaryl/α,β-unsaturated/α-hetero) is 2. The van der Waals surface area contributed by atoms with E-state index >= 15 is 0 Å². The molecule has 0 spiro atoms. The zero-order valence-corrected chi connectivity index (χ0v) is 9.67. The summed E-state index contributed by atoms with van der Waals surface area (Å²) in [6.07, 6.45) is -1.95. The van der Waals surface area contributed by atoms with Crippen LogP contribution in [0.4, 0.5) is 11.4 Å². The van der Waals surface area contributed by atoms with Crippen molar-refractivity contribution in [2.24, 2.45) is 0 Å². The summed E-state index contributed by atoms with van der Waals surface area (Å²) >= 11 is 0. The smallest absolute Gasteiger partial charge is 0.281 e. The summed E-state index contributed by atoms with van der Waals surface area (Å²) in [5.74, 6) is -2.48. The lowest BCUT2D eigenvalue weighted by Gasteiger charge is -2.07. The van der Waals surface area contributed by atoms with Gasteiger partial charge in [-0.05, 0) is 6.07 Å². The SMILES string of the molecule is CC(=O)Nc1ccc([N+](=O)[O-])c2c1C(=O)C(O)C2=O. The Kier molecular flexibility index (Phi) is 2.87. The average molecular weight is 264 g/mol. The van der Waals surface area contributed by atoms with Crippen molar-refractivity contribution >= 4 is 28.8 Å². The van der Waals surface area contributed by atoms with Crippen molar-refractivity contribution in [1.82, 2.24) is 0 Å². The fraction of sp³-hybridized carbons (Fsp3) is 0.182. The third-order valence-corrected chi connectivity index (χ3v) is 2.68. The zero-order valence-electron chi connectivity index (χ0n) is 9.67. The number of rotatable bonds is 2. The third-order valence-electron chi connectivity index (χ3n) is 2.68. The highest BCUT2D eigenvalue weighted by Crippen LogP contribution is 2.35. The van der Waals surface area contributed by atoms with Gasteiger partial charge in [0.25, 0.3) is 5.69 Å². The summed E-state index contributed by atoms with van der Waals surface area (Å²) in [6.45, 7) is 1.19. The number of benzene rings is 1. The molecule has 0 saturated carbocycles. The van der Waals surface area contributed by atoms with E-state index in [1.54, 1.807) is 0 Å². The van der Waals surface area contributed by atoms with E-state index in [0.29, 0.717) is 0 Å². The Morgan fingerprint density at radius 1 is 1.32 bits per heavy atom. The third kappa shape index (κ3) is 1.87. The number of aliphatic hydroxyl groups excluding tert-OH is 1. The number of nitro groups is 1. The zero-order chi connectivity index (χ0) is 14.3. The van der Waals surface area contributed by atoms with Gasteiger partial charge in [-0.25, -0.2) is 0 Å². The van der Waals surface area contributed by atoms with Crippen LogP contribution in [0.2, 0.25) is 0 Å². The highest BCUT2D eigenvalue weighted by atomic mass is 16.6. The molecule has 1 aromatic carbocycles. The van der Waals surface area contributed by atoms with E-state index in [-0.39, 0.29) is 11.3 Å². The number of aliphatic hydroxyl groups is 1. The minimum absolute atomic E-state index is 0.0250. The number of ketones is 2. The van der Waals surface area contributed by atoms with Gasteiger partial charge < -0.3 is 10.4 Å². The van der Waals surface area contributed by atoms with E-state index in [1.807, 2.05) is 0 Å². The lowest BCUT2D eigenvalue weighted by atomic mass is 10.1. The number of nitrogens with one attached hydrogen (secondary N) is 1. The number of amides is 1. The first-order valence-corrected chi connectivity index (χ1v) is 5.20. The maximum atomic E-state index is 11.7. The van der Waals surface area contributed by atoms with E-state index in [1.165, 1.54) is 6.92 Å². The molecule has 0 aliphatic heterocycles. The molecule has 98 valence electrons. The van der Waals surface area contributed by atoms with Gasteiger partial charge in [0.05, 0.1) is 16.2 Å². The van der Waals surface area contributed by atoms with E-state index in [2.05, 4.69) is 5.32 Å². The molecule has 1 aromatic rings. The number of hydrogen-bond donors (Lipinski definition) is 2. The Labute approximate surface area is 106 Å². The van der Waals surface area contributed by atoms with Crippen LogP contribution in [-0.2, 0) is 4.79 Å². The fourth-order valence-corrected chi connectivity index (χ4v) is 1.94. The second kappa shape index (κ2) is 4.25. The molecule has 1 aliphatic carbocycles. The Bertz CT molecular complexity index is 636. The molecule has 19 heavy (non-hydrogen) atoms. The van der Waals surface area contributed by atoms with Crippen molar-refractivity contribution in [2.75, 3.05) is 5.32 Å². The summed E-state index contributed by atoms with van der Waals surface area (Å²) in [6, 6.07) is 2.16. The van der Waals surface area contributed by atoms with Gasteiger partial charge in [0, 0.05) is 13.0 Å². The van der Waals surface area contributed by atoms with Crippen molar-refractivity contribution in [2.45, 2.75) is 13.0 Å². The van der Waals surface area contributed by atoms with E-state index < -0.39 is 39.8 Å². The van der Waals surface area contributed by atoms with Gasteiger partial charge in [0.15, 0.2) is 6.10 Å². The monoisotopic (exact) mass is 264 g/mol. The molecule has 0 heterocycles. The highest BCUT2D eigenvalue weighted by molar-refractivity contribution is 6.32. The van der Waals surface area contributed by atoms with Crippen molar-refractivity contribution in [3.8, 4) is 0 Å². The van der Waals surface area contributed by atoms with Crippen LogP contribution >= 0.6 is 0 Å². The lowest BCUT2D eigenvalue weighted by Crippen LogP contribution is -2.21. The van der Waals surface area contributed by atoms with E-state index in [0.717, 1.165) is 12.1 Å². The minimum atomic E-state index is -1.95. The number of anilines is 1. The lowest BCUT2D eigenvalue weighted by molar-refractivity contribution is -0.385. The predicted octanol–water partition coefficient (Wildman–Crippen LogP) is 0.293. The van der Waals surface area contributed by atoms with Gasteiger partial charge in [-0.3, -0.25) is 24.5 Å². The normalized spacial score (nSPS) is 17.3. The second-order valence-corrected chi connectivity index (χ2v) is 3.95. The molecule has 0 bridgehead atoms. The average Bonchev–Trinajstić information content (AvgIpc) is 2.54. The van der Waals surface area contributed by atoms with Crippen LogP contribution in [-0.4, -0.2) is 33.6 Å². The molecule has 1 aliphatic rings. The standard InChI is InChI=1S/C11H8N2O6/c1-4(14)12-5-2-3-6(13(18)19)8-7(5)9(15)11(17)10(8)16/h2-3,11,17H,1H3,(H,12,14). The van der Waals surface area contributed by atoms with Gasteiger partial charge in [-0.1, -0.05) is 0 Å². The molecular weight excluding hydrogens is 256 g/mol. The summed E-state index contributed by atoms with van der Waals surface area (Å²) in [4.78, 5) is 44.4. The van der Waals surface area contributed by atoms with Gasteiger partial charge >= 0.3 is 0 Å². The number of carbonyl (C=O) groups excluding carboxylic acids is 3. The van der Waals surface area contributed by atoms with Crippen LogP contribution in [0.3, 0.4) is 0 Å². The largest absolute Gasteiger partial charge is 0.377 e. The molecule has 2 N–H and O–H groups in total. The predicted molar refractivity (Wildman–Crippen MR) is 62.1 cm³/mol. The Morgan fingerprint density at radius 2 is 1.89 bits per heavy atom. The first kappa shape index (κ1) is 12.8. The number of hydrogen-bond acceptors (Lipinski definition) is 6. The Morgan fingerprint density at radius 3 is 2.42 bits per heavy atom. The molecule has 0 saturated heterocycles. The molecule has 8 nitrogen and oxygen atoms in total. The number of nitro benzene ring substituents is 1. The molecule has 0 aromatic heterocycles. The first-order chi connectivity index (χ1) is 8.84. The van der Waals surface area contributed by atoms with Gasteiger partial charge in [-0.15, -0.1) is 0 Å². The molecule has 0 radical (unpaired) electrons. The van der Waals surface area contributed by atoms with E-state index in [9.17, 15) is 29.6 Å². The van der Waals surface area contributed by atoms with Gasteiger partial charge in [-0.2, -0.15) is 0 Å². The summed E-state index contributed by atoms with van der Waals surface area (Å²) in [5.41, 5.74) is -1.38. The Balaban J connectivity index is 2.73. The minimum Gasteiger partial charge on any atom is -0.377 e. The molecule has 1 unspecified atom stereocenters. The van der Waals surface area contributed by atoms with Crippen LogP contribution < -0.4 is 5.32 Å². The van der Waals surface area contributed by atoms with Crippen LogP contribution in [0.5, 0.6) is 0 Å². The molecule has 1 amide bonds. The quantitative estimate of drug-likeness (QED) is 0.449. The Hall–Kier alpha value is -2.61. The highest BCUT2D eigenvalue weighted by Gasteiger charge is 2.44. The first-order valence-electron chi connectivity index (χ1n) is 5.20. The fourth-order valence-electron chi connectivity index (χ4n) is 1.94. The van der Waals surface area contributed by atoms with Crippen molar-refractivity contribution in [3.05, 3.63) is 33.4 Å². The maximum Gasteiger partial charge on any atom is 0.281 e. The van der Waals surface area contributed by atoms with Crippen molar-refractivity contribution < 1.29 is 24.4 Å². The topological polar surface area (TPSA) is 127 Å². The molecule has 1 atom stereocenters. The summed E-state index contributed by atoms with van der Waals surface area (Å²) in [5, 5.41) is 22.5. The number of nitrogens with zero attached hydrogens (tertiary/aromatic N) is 1. The van der Waals surface area contributed by atoms with Crippen LogP contribution in [0.1, 0.15) is 27.6 Å². The maximum absolute atomic E-state index is 11.7. The van der Waals surface area contributed by atoms with Crippen LogP contribution in [0.25, 0.3) is 0 Å². The van der Waals surface area contributed by atoms with Crippen LogP contribution in [0, 0.1) is 10.1 Å². The molecule has 0 fully saturated rings. The molecular formula is C11H8N2O6. The van der Waals surface area contributed by atoms with E-state index in [4.69, 9.17) is 0 Å². The molecule has 8 heteroatoms. The number of fused-ring (bicyclic) bond motifs is 1. The summed E-state index contributed by atoms with van der Waals surface area (Å²) < 4.78 is 0. The number of carbonyl (C=O) groups is 3. The van der Waals surface area contributed by atoms with Crippen LogP contribution in [0.15, 0.2) is 12.1 Å². The molecule has 2 rings (SSSR count). The second-order valence-electron chi connectivity index (χ2n) is 3.95. The van der Waals surface area contributed by atoms with Gasteiger partial charge in [0.2, 0.25) is 17.5 Å². The van der Waals surface area contributed by atoms with Gasteiger partial charge in [0.1, 0.15) is 5.56 Å². The van der Waals surface area contributed by atoms with Crippen molar-refractivity contribution in [1.29, 1.82) is 0 Å².